The molecule has 19 heavy (non-hydrogen) atoms. The molecule has 5 nitrogen and oxygen atoms in total. The number of hydrogen-bond donors (Lipinski definition) is 2. The van der Waals surface area contributed by atoms with Gasteiger partial charge in [-0.25, -0.2) is 4.39 Å². The predicted molar refractivity (Wildman–Crippen MR) is 68.5 cm³/mol. The fourth-order valence-electron chi connectivity index (χ4n) is 1.48. The average molecular weight is 263 g/mol. The summed E-state index contributed by atoms with van der Waals surface area (Å²) in [7, 11) is 0. The lowest BCUT2D eigenvalue weighted by Crippen LogP contribution is -2.15. The summed E-state index contributed by atoms with van der Waals surface area (Å²) in [6.07, 6.45) is 0.198. The molecule has 2 aromatic rings. The van der Waals surface area contributed by atoms with Crippen LogP contribution in [0.4, 0.5) is 10.2 Å². The number of ether oxygens (including phenoxy) is 1. The molecule has 0 fully saturated rings. The van der Waals surface area contributed by atoms with E-state index < -0.39 is 0 Å². The first-order valence-electron chi connectivity index (χ1n) is 5.84. The molecule has 0 aliphatic carbocycles. The number of carbonyl (C=O) groups is 1. The van der Waals surface area contributed by atoms with Crippen LogP contribution in [0.1, 0.15) is 12.1 Å². The molecule has 0 saturated heterocycles. The van der Waals surface area contributed by atoms with Crippen LogP contribution in [0.3, 0.4) is 0 Å². The highest BCUT2D eigenvalue weighted by atomic mass is 19.1. The van der Waals surface area contributed by atoms with Gasteiger partial charge >= 0.3 is 0 Å². The van der Waals surface area contributed by atoms with Gasteiger partial charge in [0.05, 0.1) is 13.0 Å². The molecule has 1 aromatic heterocycles. The summed E-state index contributed by atoms with van der Waals surface area (Å²) < 4.78 is 18.0. The van der Waals surface area contributed by atoms with Crippen molar-refractivity contribution in [3.05, 3.63) is 41.8 Å². The van der Waals surface area contributed by atoms with Gasteiger partial charge < -0.3 is 10.1 Å². The number of aromatic nitrogens is 2. The van der Waals surface area contributed by atoms with Crippen molar-refractivity contribution >= 4 is 11.7 Å². The summed E-state index contributed by atoms with van der Waals surface area (Å²) in [6, 6.07) is 7.39. The Morgan fingerprint density at radius 2 is 2.16 bits per heavy atom. The van der Waals surface area contributed by atoms with Crippen molar-refractivity contribution in [3.63, 3.8) is 0 Å². The van der Waals surface area contributed by atoms with E-state index in [1.165, 1.54) is 24.3 Å². The number of amides is 1. The minimum atomic E-state index is -0.320. The van der Waals surface area contributed by atoms with E-state index in [2.05, 4.69) is 15.5 Å². The van der Waals surface area contributed by atoms with E-state index in [0.717, 1.165) is 5.69 Å². The summed E-state index contributed by atoms with van der Waals surface area (Å²) in [5.74, 6) is 0.515. The van der Waals surface area contributed by atoms with Gasteiger partial charge in [0.2, 0.25) is 5.91 Å². The summed E-state index contributed by atoms with van der Waals surface area (Å²) in [5.41, 5.74) is 0.873. The van der Waals surface area contributed by atoms with Crippen LogP contribution in [0.25, 0.3) is 0 Å². The fraction of sp³-hybridized carbons (Fsp3) is 0.231. The number of aromatic amines is 1. The third-order valence-electron chi connectivity index (χ3n) is 2.38. The van der Waals surface area contributed by atoms with Crippen molar-refractivity contribution in [1.82, 2.24) is 10.2 Å². The number of carbonyl (C=O) groups excluding carboxylic acids is 1. The van der Waals surface area contributed by atoms with Gasteiger partial charge in [0.25, 0.3) is 0 Å². The minimum Gasteiger partial charge on any atom is -0.493 e. The maximum atomic E-state index is 12.7. The molecule has 0 unspecified atom stereocenters. The van der Waals surface area contributed by atoms with Crippen molar-refractivity contribution in [3.8, 4) is 5.75 Å². The number of halogens is 1. The Morgan fingerprint density at radius 1 is 1.42 bits per heavy atom. The van der Waals surface area contributed by atoms with Crippen molar-refractivity contribution in [1.29, 1.82) is 0 Å². The summed E-state index contributed by atoms with van der Waals surface area (Å²) in [4.78, 5) is 11.6. The Bertz CT molecular complexity index is 551. The first-order chi connectivity index (χ1) is 9.13. The monoisotopic (exact) mass is 263 g/mol. The number of hydrogen-bond acceptors (Lipinski definition) is 3. The van der Waals surface area contributed by atoms with Crippen molar-refractivity contribution in [2.75, 3.05) is 11.9 Å². The molecule has 0 saturated carbocycles. The van der Waals surface area contributed by atoms with Gasteiger partial charge in [-0.2, -0.15) is 5.10 Å². The Balaban J connectivity index is 1.73. The van der Waals surface area contributed by atoms with Crippen LogP contribution in [-0.2, 0) is 4.79 Å². The maximum absolute atomic E-state index is 12.7. The number of anilines is 1. The molecule has 2 rings (SSSR count). The summed E-state index contributed by atoms with van der Waals surface area (Å²) >= 11 is 0. The van der Waals surface area contributed by atoms with Crippen LogP contribution in [0, 0.1) is 12.7 Å². The molecule has 1 heterocycles. The normalized spacial score (nSPS) is 10.2. The van der Waals surface area contributed by atoms with Crippen LogP contribution in [-0.4, -0.2) is 22.7 Å². The zero-order valence-corrected chi connectivity index (χ0v) is 10.4. The van der Waals surface area contributed by atoms with Crippen LogP contribution < -0.4 is 10.1 Å². The SMILES string of the molecule is Cc1cc(NC(=O)CCOc2ccc(F)cc2)n[nH]1. The lowest BCUT2D eigenvalue weighted by Gasteiger charge is -2.05. The number of aryl methyl sites for hydroxylation is 1. The number of rotatable bonds is 5. The van der Waals surface area contributed by atoms with E-state index in [4.69, 9.17) is 4.74 Å². The lowest BCUT2D eigenvalue weighted by molar-refractivity contribution is -0.116. The third kappa shape index (κ3) is 4.09. The van der Waals surface area contributed by atoms with E-state index >= 15 is 0 Å². The largest absolute Gasteiger partial charge is 0.493 e. The van der Waals surface area contributed by atoms with E-state index in [1.807, 2.05) is 6.92 Å². The zero-order chi connectivity index (χ0) is 13.7. The van der Waals surface area contributed by atoms with Gasteiger partial charge in [-0.1, -0.05) is 0 Å². The molecular weight excluding hydrogens is 249 g/mol. The predicted octanol–water partition coefficient (Wildman–Crippen LogP) is 2.26. The Labute approximate surface area is 109 Å². The molecule has 0 aliphatic heterocycles. The van der Waals surface area contributed by atoms with E-state index in [1.54, 1.807) is 6.07 Å². The standard InChI is InChI=1S/C13H14FN3O2/c1-9-8-12(17-16-9)15-13(18)6-7-19-11-4-2-10(14)3-5-11/h2-5,8H,6-7H2,1H3,(H2,15,16,17,18). The average Bonchev–Trinajstić information content (AvgIpc) is 2.77. The number of nitrogens with one attached hydrogen (secondary N) is 2. The third-order valence-corrected chi connectivity index (χ3v) is 2.38. The van der Waals surface area contributed by atoms with Gasteiger partial charge in [-0.3, -0.25) is 9.89 Å². The zero-order valence-electron chi connectivity index (χ0n) is 10.4. The molecule has 0 radical (unpaired) electrons. The topological polar surface area (TPSA) is 67.0 Å². The van der Waals surface area contributed by atoms with Crippen LogP contribution >= 0.6 is 0 Å². The minimum absolute atomic E-state index is 0.186. The molecule has 6 heteroatoms. The van der Waals surface area contributed by atoms with Crippen molar-refractivity contribution < 1.29 is 13.9 Å². The second kappa shape index (κ2) is 5.99. The highest BCUT2D eigenvalue weighted by Gasteiger charge is 2.05. The van der Waals surface area contributed by atoms with Gasteiger partial charge in [0, 0.05) is 11.8 Å². The van der Waals surface area contributed by atoms with E-state index in [-0.39, 0.29) is 24.8 Å². The van der Waals surface area contributed by atoms with Crippen molar-refractivity contribution in [2.24, 2.45) is 0 Å². The first-order valence-corrected chi connectivity index (χ1v) is 5.84. The quantitative estimate of drug-likeness (QED) is 0.869. The summed E-state index contributed by atoms with van der Waals surface area (Å²) in [5, 5.41) is 9.26. The van der Waals surface area contributed by atoms with Gasteiger partial charge in [0.1, 0.15) is 11.6 Å². The van der Waals surface area contributed by atoms with Crippen LogP contribution in [0.2, 0.25) is 0 Å². The molecule has 0 aliphatic rings. The molecule has 2 N–H and O–H groups in total. The van der Waals surface area contributed by atoms with Crippen LogP contribution in [0.5, 0.6) is 5.75 Å². The second-order valence-corrected chi connectivity index (χ2v) is 4.04. The number of H-pyrrole nitrogens is 1. The van der Waals surface area contributed by atoms with Crippen molar-refractivity contribution in [2.45, 2.75) is 13.3 Å². The fourth-order valence-corrected chi connectivity index (χ4v) is 1.48. The molecule has 100 valence electrons. The Morgan fingerprint density at radius 3 is 2.79 bits per heavy atom. The smallest absolute Gasteiger partial charge is 0.229 e. The summed E-state index contributed by atoms with van der Waals surface area (Å²) in [6.45, 7) is 2.07. The highest BCUT2D eigenvalue weighted by Crippen LogP contribution is 2.11. The molecule has 0 bridgehead atoms. The van der Waals surface area contributed by atoms with E-state index in [9.17, 15) is 9.18 Å². The second-order valence-electron chi connectivity index (χ2n) is 4.04. The molecule has 1 aromatic carbocycles. The Kier molecular flexibility index (Phi) is 4.12. The van der Waals surface area contributed by atoms with E-state index in [0.29, 0.717) is 11.6 Å². The first kappa shape index (κ1) is 13.1. The molecular formula is C13H14FN3O2. The molecule has 1 amide bonds. The number of benzene rings is 1. The number of nitrogens with zero attached hydrogens (tertiary/aromatic N) is 1. The van der Waals surface area contributed by atoms with Gasteiger partial charge in [-0.15, -0.1) is 0 Å². The Hall–Kier alpha value is -2.37. The van der Waals surface area contributed by atoms with Gasteiger partial charge in [-0.05, 0) is 31.2 Å². The maximum Gasteiger partial charge on any atom is 0.229 e. The van der Waals surface area contributed by atoms with Gasteiger partial charge in [0.15, 0.2) is 5.82 Å². The lowest BCUT2D eigenvalue weighted by atomic mass is 10.3. The highest BCUT2D eigenvalue weighted by molar-refractivity contribution is 5.89. The molecule has 0 atom stereocenters. The van der Waals surface area contributed by atoms with Crippen LogP contribution in [0.15, 0.2) is 30.3 Å². The molecule has 0 spiro atoms.